The summed E-state index contributed by atoms with van der Waals surface area (Å²) in [6.45, 7) is 0.363. The summed E-state index contributed by atoms with van der Waals surface area (Å²) in [5.41, 5.74) is 4.58. The summed E-state index contributed by atoms with van der Waals surface area (Å²) in [7, 11) is 1.90. The number of carbonyl (C=O) groups excluding carboxylic acids is 3. The van der Waals surface area contributed by atoms with Crippen molar-refractivity contribution >= 4 is 29.1 Å². The van der Waals surface area contributed by atoms with Gasteiger partial charge in [0.05, 0.1) is 17.5 Å². The maximum absolute atomic E-state index is 13.0. The third kappa shape index (κ3) is 2.79. The number of thiophene rings is 1. The average molecular weight is 406 g/mol. The van der Waals surface area contributed by atoms with Crippen LogP contribution in [0.15, 0.2) is 41.9 Å². The van der Waals surface area contributed by atoms with E-state index in [1.807, 2.05) is 53.6 Å². The van der Waals surface area contributed by atoms with Gasteiger partial charge in [-0.3, -0.25) is 24.4 Å². The molecule has 8 heteroatoms. The van der Waals surface area contributed by atoms with E-state index in [1.54, 1.807) is 4.90 Å². The van der Waals surface area contributed by atoms with Gasteiger partial charge in [0.15, 0.2) is 0 Å². The predicted molar refractivity (Wildman–Crippen MR) is 108 cm³/mol. The third-order valence-electron chi connectivity index (χ3n) is 5.53. The molecule has 1 atom stereocenters. The number of nitrogens with zero attached hydrogens (tertiary/aromatic N) is 3. The lowest BCUT2D eigenvalue weighted by Crippen LogP contribution is -2.52. The largest absolute Gasteiger partial charge is 0.322 e. The van der Waals surface area contributed by atoms with Crippen molar-refractivity contribution in [3.63, 3.8) is 0 Å². The number of hydrogen-bond donors (Lipinski definition) is 1. The lowest BCUT2D eigenvalue weighted by Gasteiger charge is -2.29. The maximum Gasteiger partial charge on any atom is 0.256 e. The van der Waals surface area contributed by atoms with Gasteiger partial charge < -0.3 is 4.90 Å². The van der Waals surface area contributed by atoms with Crippen LogP contribution in [0, 0.1) is 0 Å². The zero-order chi connectivity index (χ0) is 20.1. The van der Waals surface area contributed by atoms with Crippen molar-refractivity contribution in [3.8, 4) is 21.7 Å². The minimum Gasteiger partial charge on any atom is -0.322 e. The molecule has 2 aliphatic rings. The number of aromatic nitrogens is 2. The molecule has 1 aromatic carbocycles. The first kappa shape index (κ1) is 17.8. The van der Waals surface area contributed by atoms with Gasteiger partial charge in [-0.05, 0) is 6.42 Å². The Morgan fingerprint density at radius 2 is 1.93 bits per heavy atom. The fourth-order valence-electron chi connectivity index (χ4n) is 4.12. The molecule has 0 spiro atoms. The lowest BCUT2D eigenvalue weighted by atomic mass is 10.0. The van der Waals surface area contributed by atoms with Crippen LogP contribution in [0.1, 0.15) is 28.8 Å². The van der Waals surface area contributed by atoms with Gasteiger partial charge in [-0.15, -0.1) is 11.3 Å². The van der Waals surface area contributed by atoms with Crippen LogP contribution in [-0.2, 0) is 23.2 Å². The van der Waals surface area contributed by atoms with E-state index in [9.17, 15) is 14.4 Å². The standard InChI is InChI=1S/C21H18N4O3S/c1-24-18(12-5-3-2-4-6-12)13(9-22-24)19-14-10-25(21(28)15(14)11-29-19)16-7-8-17(26)23-20(16)27/h2-6,9,11,16H,7-8,10H2,1H3,(H,23,26,27). The van der Waals surface area contributed by atoms with Crippen molar-refractivity contribution in [2.24, 2.45) is 7.05 Å². The van der Waals surface area contributed by atoms with Crippen LogP contribution in [0.2, 0.25) is 0 Å². The zero-order valence-electron chi connectivity index (χ0n) is 15.7. The van der Waals surface area contributed by atoms with Crippen molar-refractivity contribution in [2.75, 3.05) is 0 Å². The summed E-state index contributed by atoms with van der Waals surface area (Å²) in [5.74, 6) is -0.825. The van der Waals surface area contributed by atoms with Gasteiger partial charge in [-0.2, -0.15) is 5.10 Å². The first-order chi connectivity index (χ1) is 14.0. The monoisotopic (exact) mass is 406 g/mol. The minimum atomic E-state index is -0.604. The molecular weight excluding hydrogens is 388 g/mol. The average Bonchev–Trinajstić information content (AvgIpc) is 3.38. The molecule has 146 valence electrons. The van der Waals surface area contributed by atoms with Gasteiger partial charge >= 0.3 is 0 Å². The normalized spacial score (nSPS) is 18.9. The van der Waals surface area contributed by atoms with Crippen LogP contribution in [0.4, 0.5) is 0 Å². The number of rotatable bonds is 3. The molecule has 4 heterocycles. The number of benzene rings is 1. The number of hydrogen-bond acceptors (Lipinski definition) is 5. The Balaban J connectivity index is 1.53. The second-order valence-electron chi connectivity index (χ2n) is 7.25. The number of piperidine rings is 1. The molecule has 3 amide bonds. The summed E-state index contributed by atoms with van der Waals surface area (Å²) in [4.78, 5) is 39.3. The molecule has 0 aliphatic carbocycles. The molecule has 2 aliphatic heterocycles. The smallest absolute Gasteiger partial charge is 0.256 e. The first-order valence-corrected chi connectivity index (χ1v) is 10.3. The molecule has 5 rings (SSSR count). The Morgan fingerprint density at radius 1 is 1.14 bits per heavy atom. The van der Waals surface area contributed by atoms with Gasteiger partial charge in [-0.25, -0.2) is 0 Å². The van der Waals surface area contributed by atoms with Gasteiger partial charge in [-0.1, -0.05) is 30.3 Å². The number of imide groups is 1. The van der Waals surface area contributed by atoms with Crippen molar-refractivity contribution in [1.82, 2.24) is 20.0 Å². The number of carbonyl (C=O) groups is 3. The van der Waals surface area contributed by atoms with Crippen LogP contribution in [-0.4, -0.2) is 38.4 Å². The lowest BCUT2D eigenvalue weighted by molar-refractivity contribution is -0.136. The van der Waals surface area contributed by atoms with Crippen molar-refractivity contribution in [1.29, 1.82) is 0 Å². The number of aryl methyl sites for hydroxylation is 1. The number of amides is 3. The van der Waals surface area contributed by atoms with Gasteiger partial charge in [0, 0.05) is 47.0 Å². The molecule has 0 saturated carbocycles. The molecular formula is C21H18N4O3S. The summed E-state index contributed by atoms with van der Waals surface area (Å²) < 4.78 is 1.84. The Bertz CT molecular complexity index is 1150. The van der Waals surface area contributed by atoms with Crippen LogP contribution in [0.3, 0.4) is 0 Å². The zero-order valence-corrected chi connectivity index (χ0v) is 16.5. The van der Waals surface area contributed by atoms with E-state index in [4.69, 9.17) is 0 Å². The van der Waals surface area contributed by atoms with E-state index in [1.165, 1.54) is 11.3 Å². The second kappa shape index (κ2) is 6.66. The summed E-state index contributed by atoms with van der Waals surface area (Å²) in [6.07, 6.45) is 2.44. The molecule has 1 N–H and O–H groups in total. The van der Waals surface area contributed by atoms with Crippen molar-refractivity contribution in [3.05, 3.63) is 53.0 Å². The van der Waals surface area contributed by atoms with Crippen LogP contribution < -0.4 is 5.32 Å². The Hall–Kier alpha value is -3.26. The molecule has 0 radical (unpaired) electrons. The minimum absolute atomic E-state index is 0.151. The summed E-state index contributed by atoms with van der Waals surface area (Å²) >= 11 is 1.53. The van der Waals surface area contributed by atoms with Crippen molar-refractivity contribution < 1.29 is 14.4 Å². The fourth-order valence-corrected chi connectivity index (χ4v) is 5.19. The second-order valence-corrected chi connectivity index (χ2v) is 8.13. The molecule has 1 unspecified atom stereocenters. The number of nitrogens with one attached hydrogen (secondary N) is 1. The van der Waals surface area contributed by atoms with E-state index in [2.05, 4.69) is 10.4 Å². The fraction of sp³-hybridized carbons (Fsp3) is 0.238. The SMILES string of the molecule is Cn1ncc(-c2scc3c2CN(C2CCC(=O)NC2=O)C3=O)c1-c1ccccc1. The molecule has 1 saturated heterocycles. The highest BCUT2D eigenvalue weighted by molar-refractivity contribution is 7.14. The van der Waals surface area contributed by atoms with Crippen LogP contribution in [0.25, 0.3) is 21.7 Å². The van der Waals surface area contributed by atoms with E-state index in [-0.39, 0.29) is 18.2 Å². The number of fused-ring (bicyclic) bond motifs is 1. The summed E-state index contributed by atoms with van der Waals surface area (Å²) in [6, 6.07) is 9.41. The Morgan fingerprint density at radius 3 is 2.69 bits per heavy atom. The molecule has 0 bridgehead atoms. The first-order valence-electron chi connectivity index (χ1n) is 9.37. The summed E-state index contributed by atoms with van der Waals surface area (Å²) in [5, 5.41) is 8.65. The van der Waals surface area contributed by atoms with E-state index >= 15 is 0 Å². The van der Waals surface area contributed by atoms with Gasteiger partial charge in [0.1, 0.15) is 6.04 Å². The Kier molecular flexibility index (Phi) is 4.09. The van der Waals surface area contributed by atoms with Gasteiger partial charge in [0.2, 0.25) is 11.8 Å². The molecule has 7 nitrogen and oxygen atoms in total. The van der Waals surface area contributed by atoms with E-state index in [0.29, 0.717) is 18.5 Å². The third-order valence-corrected chi connectivity index (χ3v) is 6.59. The van der Waals surface area contributed by atoms with Gasteiger partial charge in [0.25, 0.3) is 5.91 Å². The van der Waals surface area contributed by atoms with Crippen LogP contribution >= 0.6 is 11.3 Å². The highest BCUT2D eigenvalue weighted by atomic mass is 32.1. The highest BCUT2D eigenvalue weighted by Gasteiger charge is 2.41. The van der Waals surface area contributed by atoms with Crippen molar-refractivity contribution in [2.45, 2.75) is 25.4 Å². The van der Waals surface area contributed by atoms with Crippen LogP contribution in [0.5, 0.6) is 0 Å². The van der Waals surface area contributed by atoms with E-state index < -0.39 is 11.9 Å². The molecule has 1 fully saturated rings. The predicted octanol–water partition coefficient (Wildman–Crippen LogP) is 2.58. The molecule has 3 aromatic rings. The highest BCUT2D eigenvalue weighted by Crippen LogP contribution is 2.42. The topological polar surface area (TPSA) is 84.3 Å². The maximum atomic E-state index is 13.0. The van der Waals surface area contributed by atoms with E-state index in [0.717, 1.165) is 27.3 Å². The molecule has 29 heavy (non-hydrogen) atoms. The Labute approximate surface area is 170 Å². The molecule has 2 aromatic heterocycles. The quantitative estimate of drug-likeness (QED) is 0.678.